The van der Waals surface area contributed by atoms with Crippen molar-refractivity contribution in [2.24, 2.45) is 0 Å². The number of aryl methyl sites for hydroxylation is 1. The van der Waals surface area contributed by atoms with E-state index >= 15 is 0 Å². The Bertz CT molecular complexity index is 1330. The van der Waals surface area contributed by atoms with E-state index in [1.165, 1.54) is 5.56 Å². The minimum atomic E-state index is 0.475. The zero-order valence-corrected chi connectivity index (χ0v) is 20.0. The molecule has 1 aromatic heterocycles. The maximum absolute atomic E-state index is 6.29. The number of nitrogens with two attached hydrogens (primary N) is 1. The summed E-state index contributed by atoms with van der Waals surface area (Å²) in [5.74, 6) is 1.88. The molecule has 0 unspecified atom stereocenters. The number of ether oxygens (including phenoxy) is 2. The molecule has 0 bridgehead atoms. The summed E-state index contributed by atoms with van der Waals surface area (Å²) in [4.78, 5) is 4.58. The fourth-order valence-corrected chi connectivity index (χ4v) is 4.04. The number of rotatable bonds is 9. The molecule has 0 aliphatic heterocycles. The van der Waals surface area contributed by atoms with E-state index in [1.54, 1.807) is 7.11 Å². The van der Waals surface area contributed by atoms with E-state index in [9.17, 15) is 0 Å². The van der Waals surface area contributed by atoms with Crippen molar-refractivity contribution in [3.63, 3.8) is 0 Å². The summed E-state index contributed by atoms with van der Waals surface area (Å²) in [5.41, 5.74) is 13.8. The first-order chi connectivity index (χ1) is 16.6. The Morgan fingerprint density at radius 3 is 2.41 bits per heavy atom. The first kappa shape index (κ1) is 23.2. The van der Waals surface area contributed by atoms with Gasteiger partial charge in [0.15, 0.2) is 11.5 Å². The molecule has 0 saturated carbocycles. The molecular formula is C29H31N3O2. The third-order valence-electron chi connectivity index (χ3n) is 6.04. The number of anilines is 1. The maximum atomic E-state index is 6.29. The van der Waals surface area contributed by atoms with Crippen LogP contribution in [0.1, 0.15) is 36.1 Å². The van der Waals surface area contributed by atoms with Gasteiger partial charge in [-0.3, -0.25) is 0 Å². The molecule has 0 fully saturated rings. The van der Waals surface area contributed by atoms with Gasteiger partial charge >= 0.3 is 0 Å². The number of allylic oxidation sites excluding steroid dienone is 3. The van der Waals surface area contributed by atoms with Crippen LogP contribution in [-0.2, 0) is 19.6 Å². The SMILES string of the molecule is C=C/C(=C\C)c1ccc2c(c1)nc(N)n2Cc1ccc(OCc2ccc(CC)cc2)c(OC)c1. The number of hydrogen-bond acceptors (Lipinski definition) is 4. The van der Waals surface area contributed by atoms with Gasteiger partial charge in [-0.2, -0.15) is 0 Å². The van der Waals surface area contributed by atoms with Crippen LogP contribution in [-0.4, -0.2) is 16.7 Å². The monoisotopic (exact) mass is 453 g/mol. The minimum Gasteiger partial charge on any atom is -0.493 e. The van der Waals surface area contributed by atoms with E-state index in [2.05, 4.69) is 54.9 Å². The van der Waals surface area contributed by atoms with Crippen LogP contribution in [0.15, 0.2) is 79.4 Å². The lowest BCUT2D eigenvalue weighted by atomic mass is 10.1. The maximum Gasteiger partial charge on any atom is 0.201 e. The van der Waals surface area contributed by atoms with Gasteiger partial charge in [0.1, 0.15) is 6.61 Å². The molecule has 0 spiro atoms. The number of nitrogens with zero attached hydrogens (tertiary/aromatic N) is 2. The number of methoxy groups -OCH3 is 1. The summed E-state index contributed by atoms with van der Waals surface area (Å²) < 4.78 is 13.7. The molecule has 0 atom stereocenters. The Morgan fingerprint density at radius 1 is 1.00 bits per heavy atom. The van der Waals surface area contributed by atoms with Crippen LogP contribution in [0.5, 0.6) is 11.5 Å². The van der Waals surface area contributed by atoms with E-state index < -0.39 is 0 Å². The van der Waals surface area contributed by atoms with Crippen LogP contribution in [0.2, 0.25) is 0 Å². The van der Waals surface area contributed by atoms with Gasteiger partial charge in [0.25, 0.3) is 0 Å². The molecule has 5 heteroatoms. The second kappa shape index (κ2) is 10.3. The van der Waals surface area contributed by atoms with Crippen molar-refractivity contribution < 1.29 is 9.47 Å². The summed E-state index contributed by atoms with van der Waals surface area (Å²) in [6, 6.07) is 20.6. The molecular weight excluding hydrogens is 422 g/mol. The third kappa shape index (κ3) is 4.84. The lowest BCUT2D eigenvalue weighted by molar-refractivity contribution is 0.284. The van der Waals surface area contributed by atoms with Crippen LogP contribution in [0, 0.1) is 0 Å². The predicted molar refractivity (Wildman–Crippen MR) is 140 cm³/mol. The number of nitrogen functional groups attached to an aromatic ring is 1. The van der Waals surface area contributed by atoms with Crippen molar-refractivity contribution in [1.29, 1.82) is 0 Å². The number of aromatic nitrogens is 2. The smallest absolute Gasteiger partial charge is 0.201 e. The molecule has 0 radical (unpaired) electrons. The summed E-state index contributed by atoms with van der Waals surface area (Å²) in [6.45, 7) is 9.10. The van der Waals surface area contributed by atoms with Crippen molar-refractivity contribution >= 4 is 22.6 Å². The molecule has 0 saturated heterocycles. The molecule has 3 aromatic carbocycles. The molecule has 174 valence electrons. The van der Waals surface area contributed by atoms with Crippen LogP contribution < -0.4 is 15.2 Å². The Hall–Kier alpha value is -3.99. The molecule has 5 nitrogen and oxygen atoms in total. The number of benzene rings is 3. The van der Waals surface area contributed by atoms with Crippen LogP contribution >= 0.6 is 0 Å². The molecule has 0 amide bonds. The number of fused-ring (bicyclic) bond motifs is 1. The Balaban J connectivity index is 1.54. The lowest BCUT2D eigenvalue weighted by Crippen LogP contribution is -2.05. The highest BCUT2D eigenvalue weighted by Gasteiger charge is 2.12. The van der Waals surface area contributed by atoms with E-state index in [1.807, 2.05) is 47.9 Å². The first-order valence-electron chi connectivity index (χ1n) is 11.5. The average molecular weight is 454 g/mol. The van der Waals surface area contributed by atoms with E-state index in [0.717, 1.165) is 39.7 Å². The topological polar surface area (TPSA) is 62.3 Å². The Kier molecular flexibility index (Phi) is 7.02. The predicted octanol–water partition coefficient (Wildman–Crippen LogP) is 6.41. The second-order valence-electron chi connectivity index (χ2n) is 8.15. The van der Waals surface area contributed by atoms with Gasteiger partial charge in [0, 0.05) is 0 Å². The van der Waals surface area contributed by atoms with Gasteiger partial charge in [-0.05, 0) is 65.4 Å². The van der Waals surface area contributed by atoms with Gasteiger partial charge in [-0.15, -0.1) is 0 Å². The van der Waals surface area contributed by atoms with Gasteiger partial charge in [-0.25, -0.2) is 4.98 Å². The van der Waals surface area contributed by atoms with E-state index in [4.69, 9.17) is 15.2 Å². The van der Waals surface area contributed by atoms with Gasteiger partial charge in [0.2, 0.25) is 5.95 Å². The minimum absolute atomic E-state index is 0.475. The number of hydrogen-bond donors (Lipinski definition) is 1. The highest BCUT2D eigenvalue weighted by atomic mass is 16.5. The van der Waals surface area contributed by atoms with Crippen molar-refractivity contribution in [3.8, 4) is 11.5 Å². The standard InChI is InChI=1S/C29H31N3O2/c1-5-20-8-10-21(11-9-20)19-34-27-15-12-22(16-28(27)33-4)18-32-26-14-13-24(23(6-2)7-3)17-25(26)31-29(32)30/h6-17H,2,5,18-19H2,1,3-4H3,(H2,30,31)/b23-7+. The summed E-state index contributed by atoms with van der Waals surface area (Å²) in [7, 11) is 1.66. The molecule has 0 aliphatic rings. The normalized spacial score (nSPS) is 11.6. The zero-order chi connectivity index (χ0) is 24.1. The van der Waals surface area contributed by atoms with Gasteiger partial charge in [0.05, 0.1) is 24.7 Å². The fraction of sp³-hybridized carbons (Fsp3) is 0.207. The Labute approximate surface area is 201 Å². The lowest BCUT2D eigenvalue weighted by Gasteiger charge is -2.14. The summed E-state index contributed by atoms with van der Waals surface area (Å²) in [5, 5.41) is 0. The zero-order valence-electron chi connectivity index (χ0n) is 20.0. The summed E-state index contributed by atoms with van der Waals surface area (Å²) in [6.07, 6.45) is 4.91. The molecule has 34 heavy (non-hydrogen) atoms. The van der Waals surface area contributed by atoms with Crippen molar-refractivity contribution in [3.05, 3.63) is 102 Å². The van der Waals surface area contributed by atoms with Crippen molar-refractivity contribution in [2.45, 2.75) is 33.4 Å². The molecule has 2 N–H and O–H groups in total. The molecule has 0 aliphatic carbocycles. The van der Waals surface area contributed by atoms with Crippen LogP contribution in [0.4, 0.5) is 5.95 Å². The number of imidazole rings is 1. The van der Waals surface area contributed by atoms with Crippen LogP contribution in [0.3, 0.4) is 0 Å². The van der Waals surface area contributed by atoms with Gasteiger partial charge in [-0.1, -0.05) is 62.1 Å². The highest BCUT2D eigenvalue weighted by molar-refractivity contribution is 5.85. The molecule has 1 heterocycles. The molecule has 4 aromatic rings. The summed E-state index contributed by atoms with van der Waals surface area (Å²) >= 11 is 0. The highest BCUT2D eigenvalue weighted by Crippen LogP contribution is 2.31. The largest absolute Gasteiger partial charge is 0.493 e. The van der Waals surface area contributed by atoms with E-state index in [0.29, 0.717) is 30.6 Å². The van der Waals surface area contributed by atoms with E-state index in [-0.39, 0.29) is 0 Å². The third-order valence-corrected chi connectivity index (χ3v) is 6.04. The van der Waals surface area contributed by atoms with Crippen LogP contribution in [0.25, 0.3) is 16.6 Å². The quantitative estimate of drug-likeness (QED) is 0.298. The molecule has 4 rings (SSSR count). The fourth-order valence-electron chi connectivity index (χ4n) is 4.04. The first-order valence-corrected chi connectivity index (χ1v) is 11.5. The second-order valence-corrected chi connectivity index (χ2v) is 8.15. The van der Waals surface area contributed by atoms with Gasteiger partial charge < -0.3 is 19.8 Å². The average Bonchev–Trinajstić information content (AvgIpc) is 3.18. The Morgan fingerprint density at radius 2 is 1.74 bits per heavy atom. The van der Waals surface area contributed by atoms with Crippen molar-refractivity contribution in [2.75, 3.05) is 12.8 Å². The van der Waals surface area contributed by atoms with Crippen molar-refractivity contribution in [1.82, 2.24) is 9.55 Å².